The Kier molecular flexibility index (Phi) is 7.02. The van der Waals surface area contributed by atoms with E-state index in [2.05, 4.69) is 39.2 Å². The van der Waals surface area contributed by atoms with Crippen molar-refractivity contribution in [1.82, 2.24) is 14.9 Å². The molecule has 0 bridgehead atoms. The zero-order valence-corrected chi connectivity index (χ0v) is 18.1. The second-order valence-electron chi connectivity index (χ2n) is 8.09. The molecule has 7 heteroatoms. The maximum Gasteiger partial charge on any atom is 0.227 e. The van der Waals surface area contributed by atoms with Crippen LogP contribution in [-0.2, 0) is 11.2 Å². The number of rotatable bonds is 7. The first-order valence-corrected chi connectivity index (χ1v) is 11.0. The first-order valence-electron chi connectivity index (χ1n) is 11.0. The lowest BCUT2D eigenvalue weighted by Crippen LogP contribution is -2.49. The summed E-state index contributed by atoms with van der Waals surface area (Å²) in [5.41, 5.74) is 2.36. The van der Waals surface area contributed by atoms with E-state index in [9.17, 15) is 0 Å². The van der Waals surface area contributed by atoms with Crippen LogP contribution in [0.1, 0.15) is 24.0 Å². The Morgan fingerprint density at radius 3 is 2.53 bits per heavy atom. The minimum Gasteiger partial charge on any atom is -0.497 e. The molecule has 1 aromatic carbocycles. The van der Waals surface area contributed by atoms with Crippen LogP contribution in [0.3, 0.4) is 0 Å². The normalized spacial score (nSPS) is 18.4. The molecule has 0 atom stereocenters. The fourth-order valence-electron chi connectivity index (χ4n) is 4.26. The Balaban J connectivity index is 1.30. The summed E-state index contributed by atoms with van der Waals surface area (Å²) in [6, 6.07) is 8.89. The average Bonchev–Trinajstić information content (AvgIpc) is 2.81. The number of piperidine rings is 1. The lowest BCUT2D eigenvalue weighted by molar-refractivity contribution is 0.0114. The SMILES string of the molecule is COc1ccc(CCNc2nc(N3CCC(N4CCOCC4)CC3)ncc2C)cc1. The third-order valence-electron chi connectivity index (χ3n) is 6.13. The van der Waals surface area contributed by atoms with Crippen molar-refractivity contribution in [3.63, 3.8) is 0 Å². The summed E-state index contributed by atoms with van der Waals surface area (Å²) >= 11 is 0. The number of hydrogen-bond donors (Lipinski definition) is 1. The molecule has 30 heavy (non-hydrogen) atoms. The number of anilines is 2. The van der Waals surface area contributed by atoms with Crippen LogP contribution in [0.2, 0.25) is 0 Å². The zero-order valence-electron chi connectivity index (χ0n) is 18.1. The third-order valence-corrected chi connectivity index (χ3v) is 6.13. The smallest absolute Gasteiger partial charge is 0.227 e. The van der Waals surface area contributed by atoms with Gasteiger partial charge in [0, 0.05) is 50.5 Å². The molecular formula is C23H33N5O2. The van der Waals surface area contributed by atoms with E-state index in [0.717, 1.165) is 88.3 Å². The second kappa shape index (κ2) is 10.1. The van der Waals surface area contributed by atoms with Gasteiger partial charge < -0.3 is 19.7 Å². The van der Waals surface area contributed by atoms with Crippen LogP contribution in [0.5, 0.6) is 5.75 Å². The average molecular weight is 412 g/mol. The van der Waals surface area contributed by atoms with Crippen molar-refractivity contribution in [3.8, 4) is 5.75 Å². The molecule has 0 saturated carbocycles. The van der Waals surface area contributed by atoms with Crippen molar-refractivity contribution in [2.75, 3.05) is 63.3 Å². The van der Waals surface area contributed by atoms with E-state index in [0.29, 0.717) is 6.04 Å². The van der Waals surface area contributed by atoms with Crippen LogP contribution in [0.15, 0.2) is 30.5 Å². The van der Waals surface area contributed by atoms with Crippen molar-refractivity contribution in [2.24, 2.45) is 0 Å². The van der Waals surface area contributed by atoms with Crippen molar-refractivity contribution in [1.29, 1.82) is 0 Å². The standard InChI is InChI=1S/C23H33N5O2/c1-18-17-25-23(28-11-8-20(9-12-28)27-13-15-30-16-14-27)26-22(18)24-10-7-19-3-5-21(29-2)6-4-19/h3-6,17,20H,7-16H2,1-2H3,(H,24,25,26). The molecule has 2 aromatic rings. The second-order valence-corrected chi connectivity index (χ2v) is 8.09. The largest absolute Gasteiger partial charge is 0.497 e. The van der Waals surface area contributed by atoms with Crippen LogP contribution < -0.4 is 15.0 Å². The molecular weight excluding hydrogens is 378 g/mol. The van der Waals surface area contributed by atoms with Gasteiger partial charge in [-0.05, 0) is 43.9 Å². The number of morpholine rings is 1. The van der Waals surface area contributed by atoms with Crippen molar-refractivity contribution >= 4 is 11.8 Å². The molecule has 7 nitrogen and oxygen atoms in total. The van der Waals surface area contributed by atoms with Gasteiger partial charge in [0.25, 0.3) is 0 Å². The summed E-state index contributed by atoms with van der Waals surface area (Å²) < 4.78 is 10.7. The summed E-state index contributed by atoms with van der Waals surface area (Å²) in [4.78, 5) is 14.4. The molecule has 1 N–H and O–H groups in total. The van der Waals surface area contributed by atoms with Gasteiger partial charge in [0.05, 0.1) is 20.3 Å². The highest BCUT2D eigenvalue weighted by atomic mass is 16.5. The number of aromatic nitrogens is 2. The molecule has 0 radical (unpaired) electrons. The van der Waals surface area contributed by atoms with E-state index in [1.54, 1.807) is 7.11 Å². The van der Waals surface area contributed by atoms with Crippen LogP contribution in [-0.4, -0.2) is 74.0 Å². The van der Waals surface area contributed by atoms with E-state index in [-0.39, 0.29) is 0 Å². The molecule has 2 saturated heterocycles. The van der Waals surface area contributed by atoms with Gasteiger partial charge in [0.1, 0.15) is 11.6 Å². The van der Waals surface area contributed by atoms with Crippen LogP contribution >= 0.6 is 0 Å². The molecule has 2 fully saturated rings. The van der Waals surface area contributed by atoms with Crippen molar-refractivity contribution < 1.29 is 9.47 Å². The highest BCUT2D eigenvalue weighted by Crippen LogP contribution is 2.23. The van der Waals surface area contributed by atoms with Gasteiger partial charge in [-0.1, -0.05) is 12.1 Å². The predicted molar refractivity (Wildman–Crippen MR) is 120 cm³/mol. The van der Waals surface area contributed by atoms with Crippen LogP contribution in [0, 0.1) is 6.92 Å². The summed E-state index contributed by atoms with van der Waals surface area (Å²) in [7, 11) is 1.69. The van der Waals surface area contributed by atoms with Gasteiger partial charge in [-0.15, -0.1) is 0 Å². The lowest BCUT2D eigenvalue weighted by atomic mass is 10.0. The van der Waals surface area contributed by atoms with E-state index < -0.39 is 0 Å². The number of hydrogen-bond acceptors (Lipinski definition) is 7. The number of benzene rings is 1. The number of ether oxygens (including phenoxy) is 2. The molecule has 0 aliphatic carbocycles. The maximum atomic E-state index is 5.49. The summed E-state index contributed by atoms with van der Waals surface area (Å²) in [5.74, 6) is 2.66. The first-order chi connectivity index (χ1) is 14.7. The highest BCUT2D eigenvalue weighted by molar-refractivity contribution is 5.47. The Bertz CT molecular complexity index is 800. The Hall–Kier alpha value is -2.38. The number of nitrogens with one attached hydrogen (secondary N) is 1. The molecule has 2 aliphatic rings. The third kappa shape index (κ3) is 5.21. The quantitative estimate of drug-likeness (QED) is 0.752. The van der Waals surface area contributed by atoms with Gasteiger partial charge in [-0.2, -0.15) is 4.98 Å². The monoisotopic (exact) mass is 411 g/mol. The number of aryl methyl sites for hydroxylation is 1. The molecule has 1 aromatic heterocycles. The maximum absolute atomic E-state index is 5.49. The number of methoxy groups -OCH3 is 1. The Morgan fingerprint density at radius 2 is 1.83 bits per heavy atom. The number of nitrogens with zero attached hydrogens (tertiary/aromatic N) is 4. The lowest BCUT2D eigenvalue weighted by Gasteiger charge is -2.40. The van der Waals surface area contributed by atoms with E-state index in [4.69, 9.17) is 14.5 Å². The highest BCUT2D eigenvalue weighted by Gasteiger charge is 2.27. The molecule has 0 spiro atoms. The molecule has 0 amide bonds. The fraction of sp³-hybridized carbons (Fsp3) is 0.565. The summed E-state index contributed by atoms with van der Waals surface area (Å²) in [5, 5.41) is 3.50. The molecule has 4 rings (SSSR count). The van der Waals surface area contributed by atoms with Gasteiger partial charge >= 0.3 is 0 Å². The zero-order chi connectivity index (χ0) is 20.8. The minimum atomic E-state index is 0.665. The van der Waals surface area contributed by atoms with Crippen molar-refractivity contribution in [2.45, 2.75) is 32.2 Å². The van der Waals surface area contributed by atoms with E-state index in [1.165, 1.54) is 5.56 Å². The fourth-order valence-corrected chi connectivity index (χ4v) is 4.26. The predicted octanol–water partition coefficient (Wildman–Crippen LogP) is 2.75. The molecule has 2 aliphatic heterocycles. The Morgan fingerprint density at radius 1 is 1.10 bits per heavy atom. The van der Waals surface area contributed by atoms with E-state index in [1.807, 2.05) is 18.3 Å². The summed E-state index contributed by atoms with van der Waals surface area (Å²) in [6.45, 7) is 8.78. The minimum absolute atomic E-state index is 0.665. The summed E-state index contributed by atoms with van der Waals surface area (Å²) in [6.07, 6.45) is 5.20. The van der Waals surface area contributed by atoms with Gasteiger partial charge in [-0.3, -0.25) is 4.90 Å². The molecule has 3 heterocycles. The first kappa shape index (κ1) is 20.9. The van der Waals surface area contributed by atoms with E-state index >= 15 is 0 Å². The van der Waals surface area contributed by atoms with Gasteiger partial charge in [0.2, 0.25) is 5.95 Å². The Labute approximate surface area is 179 Å². The van der Waals surface area contributed by atoms with Crippen molar-refractivity contribution in [3.05, 3.63) is 41.6 Å². The topological polar surface area (TPSA) is 62.8 Å². The van der Waals surface area contributed by atoms with Crippen LogP contribution in [0.25, 0.3) is 0 Å². The van der Waals surface area contributed by atoms with Gasteiger partial charge in [-0.25, -0.2) is 4.98 Å². The molecule has 162 valence electrons. The van der Waals surface area contributed by atoms with Gasteiger partial charge in [0.15, 0.2) is 0 Å². The van der Waals surface area contributed by atoms with Crippen LogP contribution in [0.4, 0.5) is 11.8 Å². The molecule has 0 unspecified atom stereocenters.